The highest BCUT2D eigenvalue weighted by Gasteiger charge is 2.20. The van der Waals surface area contributed by atoms with Crippen LogP contribution in [-0.2, 0) is 11.3 Å². The zero-order chi connectivity index (χ0) is 16.2. The van der Waals surface area contributed by atoms with Crippen molar-refractivity contribution in [2.24, 2.45) is 0 Å². The first-order valence-corrected chi connectivity index (χ1v) is 8.52. The first kappa shape index (κ1) is 15.9. The Bertz CT molecular complexity index is 699. The van der Waals surface area contributed by atoms with E-state index in [1.165, 1.54) is 0 Å². The third-order valence-electron chi connectivity index (χ3n) is 3.78. The van der Waals surface area contributed by atoms with Crippen molar-refractivity contribution in [2.75, 3.05) is 26.2 Å². The standard InChI is InChI=1S/C16H20N4O2S/c1-12-9-15(18-22-12)10-19-5-7-20(8-6-19)16(21)4-3-14-11-23-13(2)17-14/h3-4,9,11H,5-8,10H2,1-2H3/b4-3-. The van der Waals surface area contributed by atoms with E-state index in [0.29, 0.717) is 0 Å². The molecule has 0 atom stereocenters. The topological polar surface area (TPSA) is 62.5 Å². The van der Waals surface area contributed by atoms with Gasteiger partial charge in [-0.05, 0) is 19.9 Å². The van der Waals surface area contributed by atoms with Gasteiger partial charge in [0.1, 0.15) is 5.76 Å². The summed E-state index contributed by atoms with van der Waals surface area (Å²) in [6.07, 6.45) is 3.40. The summed E-state index contributed by atoms with van der Waals surface area (Å²) >= 11 is 1.59. The highest BCUT2D eigenvalue weighted by atomic mass is 32.1. The second-order valence-corrected chi connectivity index (χ2v) is 6.72. The number of hydrogen-bond acceptors (Lipinski definition) is 6. The van der Waals surface area contributed by atoms with E-state index >= 15 is 0 Å². The summed E-state index contributed by atoms with van der Waals surface area (Å²) in [5.74, 6) is 0.879. The zero-order valence-electron chi connectivity index (χ0n) is 13.4. The Balaban J connectivity index is 1.48. The van der Waals surface area contributed by atoms with Crippen molar-refractivity contribution in [3.05, 3.63) is 39.7 Å². The van der Waals surface area contributed by atoms with E-state index in [9.17, 15) is 4.79 Å². The molecule has 7 heteroatoms. The number of rotatable bonds is 4. The first-order valence-electron chi connectivity index (χ1n) is 7.64. The number of hydrogen-bond donors (Lipinski definition) is 0. The van der Waals surface area contributed by atoms with E-state index < -0.39 is 0 Å². The molecule has 0 radical (unpaired) electrons. The van der Waals surface area contributed by atoms with Gasteiger partial charge < -0.3 is 9.42 Å². The molecule has 1 amide bonds. The first-order chi connectivity index (χ1) is 11.1. The van der Waals surface area contributed by atoms with Gasteiger partial charge in [-0.3, -0.25) is 9.69 Å². The van der Waals surface area contributed by atoms with Crippen molar-refractivity contribution in [3.8, 4) is 0 Å². The third kappa shape index (κ3) is 4.27. The van der Waals surface area contributed by atoms with Gasteiger partial charge in [0.25, 0.3) is 0 Å². The number of thiazole rings is 1. The number of nitrogens with zero attached hydrogens (tertiary/aromatic N) is 4. The Labute approximate surface area is 139 Å². The average Bonchev–Trinajstić information content (AvgIpc) is 3.14. The van der Waals surface area contributed by atoms with Gasteiger partial charge in [0, 0.05) is 50.2 Å². The smallest absolute Gasteiger partial charge is 0.246 e. The van der Waals surface area contributed by atoms with Gasteiger partial charge in [-0.25, -0.2) is 4.98 Å². The highest BCUT2D eigenvalue weighted by molar-refractivity contribution is 7.09. The molecule has 3 rings (SSSR count). The van der Waals surface area contributed by atoms with Crippen LogP contribution in [0.3, 0.4) is 0 Å². The summed E-state index contributed by atoms with van der Waals surface area (Å²) in [6.45, 7) is 7.78. The minimum absolute atomic E-state index is 0.0487. The van der Waals surface area contributed by atoms with Crippen LogP contribution >= 0.6 is 11.3 Å². The molecule has 1 aliphatic heterocycles. The van der Waals surface area contributed by atoms with Gasteiger partial charge >= 0.3 is 0 Å². The Morgan fingerprint density at radius 2 is 2.13 bits per heavy atom. The maximum Gasteiger partial charge on any atom is 0.246 e. The van der Waals surface area contributed by atoms with Crippen molar-refractivity contribution in [1.29, 1.82) is 0 Å². The number of piperazine rings is 1. The van der Waals surface area contributed by atoms with Crippen LogP contribution in [0.2, 0.25) is 0 Å². The molecule has 0 unspecified atom stereocenters. The molecule has 23 heavy (non-hydrogen) atoms. The molecule has 0 spiro atoms. The SMILES string of the molecule is Cc1cc(CN2CCN(C(=O)/C=C\c3csc(C)n3)CC2)no1. The monoisotopic (exact) mass is 332 g/mol. The van der Waals surface area contributed by atoms with Crippen LogP contribution in [0.1, 0.15) is 22.2 Å². The number of aromatic nitrogens is 2. The minimum atomic E-state index is 0.0487. The fraction of sp³-hybridized carbons (Fsp3) is 0.438. The lowest BCUT2D eigenvalue weighted by Crippen LogP contribution is -2.47. The summed E-state index contributed by atoms with van der Waals surface area (Å²) in [7, 11) is 0. The van der Waals surface area contributed by atoms with Crippen LogP contribution in [0.25, 0.3) is 6.08 Å². The molecule has 0 saturated carbocycles. The molecule has 1 fully saturated rings. The van der Waals surface area contributed by atoms with Gasteiger partial charge in [0.05, 0.1) is 16.4 Å². The summed E-state index contributed by atoms with van der Waals surface area (Å²) in [6, 6.07) is 1.95. The van der Waals surface area contributed by atoms with Crippen LogP contribution in [-0.4, -0.2) is 52.0 Å². The molecule has 0 aliphatic carbocycles. The van der Waals surface area contributed by atoms with Gasteiger partial charge in [-0.15, -0.1) is 11.3 Å². The number of aryl methyl sites for hydroxylation is 2. The highest BCUT2D eigenvalue weighted by Crippen LogP contribution is 2.11. The van der Waals surface area contributed by atoms with E-state index in [1.807, 2.05) is 30.2 Å². The summed E-state index contributed by atoms with van der Waals surface area (Å²) in [4.78, 5) is 20.7. The molecule has 3 heterocycles. The van der Waals surface area contributed by atoms with Crippen molar-refractivity contribution in [3.63, 3.8) is 0 Å². The summed E-state index contributed by atoms with van der Waals surface area (Å²) in [5.41, 5.74) is 1.79. The van der Waals surface area contributed by atoms with E-state index in [0.717, 1.165) is 54.9 Å². The second kappa shape index (κ2) is 7.06. The van der Waals surface area contributed by atoms with Crippen LogP contribution < -0.4 is 0 Å². The lowest BCUT2D eigenvalue weighted by Gasteiger charge is -2.33. The molecule has 1 saturated heterocycles. The molecule has 0 bridgehead atoms. The van der Waals surface area contributed by atoms with Crippen LogP contribution in [0.15, 0.2) is 22.0 Å². The molecule has 122 valence electrons. The predicted molar refractivity (Wildman–Crippen MR) is 89.0 cm³/mol. The fourth-order valence-electron chi connectivity index (χ4n) is 2.57. The van der Waals surface area contributed by atoms with Crippen molar-refractivity contribution in [1.82, 2.24) is 19.9 Å². The normalized spacial score (nSPS) is 16.3. The molecule has 1 aliphatic rings. The quantitative estimate of drug-likeness (QED) is 0.803. The Morgan fingerprint density at radius 3 is 2.74 bits per heavy atom. The number of carbonyl (C=O) groups excluding carboxylic acids is 1. The number of carbonyl (C=O) groups is 1. The molecule has 0 aromatic carbocycles. The van der Waals surface area contributed by atoms with Gasteiger partial charge in [0.2, 0.25) is 5.91 Å². The number of amides is 1. The molecule has 2 aromatic rings. The second-order valence-electron chi connectivity index (χ2n) is 5.66. The lowest BCUT2D eigenvalue weighted by molar-refractivity contribution is -0.127. The van der Waals surface area contributed by atoms with Crippen LogP contribution in [0.5, 0.6) is 0 Å². The summed E-state index contributed by atoms with van der Waals surface area (Å²) in [5, 5.41) is 6.98. The van der Waals surface area contributed by atoms with Gasteiger partial charge in [0.15, 0.2) is 0 Å². The minimum Gasteiger partial charge on any atom is -0.361 e. The molecular weight excluding hydrogens is 312 g/mol. The van der Waals surface area contributed by atoms with Crippen molar-refractivity contribution in [2.45, 2.75) is 20.4 Å². The molecule has 0 N–H and O–H groups in total. The van der Waals surface area contributed by atoms with E-state index in [2.05, 4.69) is 15.0 Å². The molecule has 2 aromatic heterocycles. The maximum atomic E-state index is 12.2. The van der Waals surface area contributed by atoms with Crippen LogP contribution in [0, 0.1) is 13.8 Å². The van der Waals surface area contributed by atoms with E-state index in [-0.39, 0.29) is 5.91 Å². The Hall–Kier alpha value is -1.99. The molecule has 6 nitrogen and oxygen atoms in total. The maximum absolute atomic E-state index is 12.2. The largest absolute Gasteiger partial charge is 0.361 e. The Morgan fingerprint density at radius 1 is 1.35 bits per heavy atom. The van der Waals surface area contributed by atoms with E-state index in [1.54, 1.807) is 23.5 Å². The Kier molecular flexibility index (Phi) is 4.88. The third-order valence-corrected chi connectivity index (χ3v) is 4.57. The fourth-order valence-corrected chi connectivity index (χ4v) is 3.15. The van der Waals surface area contributed by atoms with Gasteiger partial charge in [-0.1, -0.05) is 5.16 Å². The van der Waals surface area contributed by atoms with Crippen molar-refractivity contribution >= 4 is 23.3 Å². The van der Waals surface area contributed by atoms with Crippen LogP contribution in [0.4, 0.5) is 0 Å². The average molecular weight is 332 g/mol. The summed E-state index contributed by atoms with van der Waals surface area (Å²) < 4.78 is 5.09. The van der Waals surface area contributed by atoms with E-state index in [4.69, 9.17) is 4.52 Å². The zero-order valence-corrected chi connectivity index (χ0v) is 14.2. The lowest BCUT2D eigenvalue weighted by atomic mass is 10.2. The molecular formula is C16H20N4O2S. The van der Waals surface area contributed by atoms with Crippen molar-refractivity contribution < 1.29 is 9.32 Å². The predicted octanol–water partition coefficient (Wildman–Crippen LogP) is 2.11. The van der Waals surface area contributed by atoms with Gasteiger partial charge in [-0.2, -0.15) is 0 Å².